The van der Waals surface area contributed by atoms with Gasteiger partial charge in [0, 0.05) is 37.1 Å². The molecule has 0 spiro atoms. The number of morpholine rings is 1. The first-order valence-electron chi connectivity index (χ1n) is 11.3. The largest absolute Gasteiger partial charge is 0.457 e. The lowest BCUT2D eigenvalue weighted by Crippen LogP contribution is -2.43. The summed E-state index contributed by atoms with van der Waals surface area (Å²) in [6.07, 6.45) is 1.04. The van der Waals surface area contributed by atoms with Crippen molar-refractivity contribution in [3.63, 3.8) is 0 Å². The van der Waals surface area contributed by atoms with Crippen LogP contribution in [0.1, 0.15) is 6.42 Å². The van der Waals surface area contributed by atoms with Crippen LogP contribution < -0.4 is 20.7 Å². The maximum atomic E-state index is 13.0. The van der Waals surface area contributed by atoms with Crippen LogP contribution in [-0.4, -0.2) is 54.0 Å². The minimum Gasteiger partial charge on any atom is -0.457 e. The molecule has 37 heavy (non-hydrogen) atoms. The lowest BCUT2D eigenvalue weighted by Gasteiger charge is -2.26. The highest BCUT2D eigenvalue weighted by Crippen LogP contribution is 2.30. The van der Waals surface area contributed by atoms with Gasteiger partial charge in [-0.2, -0.15) is 0 Å². The van der Waals surface area contributed by atoms with Crippen LogP contribution in [0.25, 0.3) is 0 Å². The van der Waals surface area contributed by atoms with Crippen LogP contribution >= 0.6 is 11.6 Å². The Hall–Kier alpha value is -4.22. The number of carbonyl (C=O) groups is 3. The number of hydrogen-bond donors (Lipinski definition) is 3. The van der Waals surface area contributed by atoms with Gasteiger partial charge in [0.1, 0.15) is 29.6 Å². The first-order valence-corrected chi connectivity index (χ1v) is 11.7. The monoisotopic (exact) mass is 527 g/mol. The maximum absolute atomic E-state index is 13.0. The van der Waals surface area contributed by atoms with E-state index < -0.39 is 24.1 Å². The average Bonchev–Trinajstić information content (AvgIpc) is 2.88. The van der Waals surface area contributed by atoms with Crippen LogP contribution in [-0.2, 0) is 14.3 Å². The van der Waals surface area contributed by atoms with Gasteiger partial charge in [0.25, 0.3) is 0 Å². The van der Waals surface area contributed by atoms with Crippen LogP contribution in [0.2, 0.25) is 5.02 Å². The molecule has 3 N–H and O–H groups in total. The molecule has 1 saturated heterocycles. The number of aromatic nitrogens is 1. The molecule has 0 saturated carbocycles. The fraction of sp³-hybridized carbons (Fsp3) is 0.200. The van der Waals surface area contributed by atoms with Gasteiger partial charge < -0.3 is 25.0 Å². The number of halogens is 2. The summed E-state index contributed by atoms with van der Waals surface area (Å²) >= 11 is 6.29. The summed E-state index contributed by atoms with van der Waals surface area (Å²) in [6.45, 7) is 1.99. The van der Waals surface area contributed by atoms with E-state index >= 15 is 0 Å². The molecule has 1 fully saturated rings. The molecule has 0 aliphatic carbocycles. The third-order valence-corrected chi connectivity index (χ3v) is 5.48. The number of anilines is 3. The van der Waals surface area contributed by atoms with Crippen molar-refractivity contribution >= 4 is 46.6 Å². The van der Waals surface area contributed by atoms with Gasteiger partial charge in [-0.15, -0.1) is 0 Å². The second kappa shape index (κ2) is 12.2. The van der Waals surface area contributed by atoms with Crippen molar-refractivity contribution < 1.29 is 28.2 Å². The van der Waals surface area contributed by atoms with Crippen molar-refractivity contribution in [3.05, 3.63) is 71.6 Å². The number of benzene rings is 2. The van der Waals surface area contributed by atoms with Crippen LogP contribution in [0.15, 0.2) is 60.8 Å². The quantitative estimate of drug-likeness (QED) is 0.389. The van der Waals surface area contributed by atoms with Gasteiger partial charge in [0.05, 0.1) is 23.9 Å². The van der Waals surface area contributed by atoms with Crippen LogP contribution in [0.4, 0.5) is 26.4 Å². The number of urea groups is 1. The summed E-state index contributed by atoms with van der Waals surface area (Å²) in [7, 11) is 0. The molecule has 192 valence electrons. The lowest BCUT2D eigenvalue weighted by atomic mass is 10.2. The predicted octanol–water partition coefficient (Wildman–Crippen LogP) is 4.50. The fourth-order valence-electron chi connectivity index (χ4n) is 3.37. The molecule has 2 heterocycles. The highest BCUT2D eigenvalue weighted by atomic mass is 35.5. The van der Waals surface area contributed by atoms with Crippen LogP contribution in [0, 0.1) is 5.82 Å². The van der Waals surface area contributed by atoms with E-state index in [-0.39, 0.29) is 11.1 Å². The smallest absolute Gasteiger partial charge is 0.323 e. The Morgan fingerprint density at radius 3 is 2.38 bits per heavy atom. The average molecular weight is 528 g/mol. The van der Waals surface area contributed by atoms with E-state index in [4.69, 9.17) is 21.1 Å². The molecule has 2 aromatic carbocycles. The maximum Gasteiger partial charge on any atom is 0.323 e. The van der Waals surface area contributed by atoms with E-state index in [0.717, 1.165) is 0 Å². The Bertz CT molecular complexity index is 1280. The molecule has 0 bridgehead atoms. The zero-order chi connectivity index (χ0) is 26.2. The van der Waals surface area contributed by atoms with Crippen molar-refractivity contribution in [2.75, 3.05) is 42.3 Å². The number of rotatable bonds is 7. The number of nitrogens with zero attached hydrogens (tertiary/aromatic N) is 2. The SMILES string of the molecule is O=C(CC(=O)Nc1ccc(Oc2ccnc(NC(=O)N3CCOCC3)c2)cc1Cl)Nc1ccc(F)cc1. The van der Waals surface area contributed by atoms with Crippen molar-refractivity contribution in [2.24, 2.45) is 0 Å². The molecule has 0 atom stereocenters. The molecule has 3 aromatic rings. The molecule has 0 radical (unpaired) electrons. The van der Waals surface area contributed by atoms with Gasteiger partial charge >= 0.3 is 6.03 Å². The molecular weight excluding hydrogens is 505 g/mol. The fourth-order valence-corrected chi connectivity index (χ4v) is 3.59. The van der Waals surface area contributed by atoms with Crippen LogP contribution in [0.5, 0.6) is 11.5 Å². The molecule has 1 aliphatic heterocycles. The Labute approximate surface area is 216 Å². The zero-order valence-corrected chi connectivity index (χ0v) is 20.3. The van der Waals surface area contributed by atoms with Crippen molar-refractivity contribution in [1.82, 2.24) is 9.88 Å². The van der Waals surface area contributed by atoms with Gasteiger partial charge in [0.15, 0.2) is 0 Å². The second-order valence-corrected chi connectivity index (χ2v) is 8.34. The third kappa shape index (κ3) is 7.63. The first-order chi connectivity index (χ1) is 17.9. The van der Waals surface area contributed by atoms with Crippen LogP contribution in [0.3, 0.4) is 0 Å². The highest BCUT2D eigenvalue weighted by Gasteiger charge is 2.17. The van der Waals surface area contributed by atoms with E-state index in [1.54, 1.807) is 23.1 Å². The standard InChI is InChI=1S/C25H23ClFN5O5/c26-20-13-18(37-19-7-8-28-22(14-19)31-25(35)32-9-11-36-12-10-32)5-6-21(20)30-24(34)15-23(33)29-17-3-1-16(27)2-4-17/h1-8,13-14H,9-12,15H2,(H,29,33)(H,30,34)(H,28,31,35). The van der Waals surface area contributed by atoms with Gasteiger partial charge in [0.2, 0.25) is 11.8 Å². The van der Waals surface area contributed by atoms with Gasteiger partial charge in [-0.25, -0.2) is 14.2 Å². The minimum atomic E-state index is -0.579. The Morgan fingerprint density at radius 2 is 1.65 bits per heavy atom. The summed E-state index contributed by atoms with van der Waals surface area (Å²) in [6, 6.07) is 12.7. The summed E-state index contributed by atoms with van der Waals surface area (Å²) in [5.74, 6) is -0.453. The van der Waals surface area contributed by atoms with Crippen molar-refractivity contribution in [2.45, 2.75) is 6.42 Å². The normalized spacial score (nSPS) is 13.0. The van der Waals surface area contributed by atoms with E-state index in [9.17, 15) is 18.8 Å². The van der Waals surface area contributed by atoms with Gasteiger partial charge in [-0.3, -0.25) is 14.9 Å². The third-order valence-electron chi connectivity index (χ3n) is 5.16. The summed E-state index contributed by atoms with van der Waals surface area (Å²) in [5, 5.41) is 8.01. The van der Waals surface area contributed by atoms with E-state index in [1.807, 2.05) is 0 Å². The first kappa shape index (κ1) is 25.9. The Kier molecular flexibility index (Phi) is 8.49. The van der Waals surface area contributed by atoms with Gasteiger partial charge in [-0.05, 0) is 42.5 Å². The lowest BCUT2D eigenvalue weighted by molar-refractivity contribution is -0.123. The molecule has 1 aromatic heterocycles. The van der Waals surface area contributed by atoms with E-state index in [0.29, 0.717) is 55.0 Å². The molecule has 10 nitrogen and oxygen atoms in total. The number of hydrogen-bond acceptors (Lipinski definition) is 6. The van der Waals surface area contributed by atoms with E-state index in [1.165, 1.54) is 42.6 Å². The number of ether oxygens (including phenoxy) is 2. The van der Waals surface area contributed by atoms with Gasteiger partial charge in [-0.1, -0.05) is 11.6 Å². The summed E-state index contributed by atoms with van der Waals surface area (Å²) in [4.78, 5) is 42.5. The molecule has 0 unspecified atom stereocenters. The number of pyridine rings is 1. The minimum absolute atomic E-state index is 0.194. The number of carbonyl (C=O) groups excluding carboxylic acids is 3. The molecule has 1 aliphatic rings. The number of nitrogens with one attached hydrogen (secondary N) is 3. The highest BCUT2D eigenvalue weighted by molar-refractivity contribution is 6.34. The second-order valence-electron chi connectivity index (χ2n) is 7.93. The predicted molar refractivity (Wildman–Crippen MR) is 135 cm³/mol. The topological polar surface area (TPSA) is 122 Å². The van der Waals surface area contributed by atoms with Crippen molar-refractivity contribution in [1.29, 1.82) is 0 Å². The number of amides is 4. The molecule has 4 rings (SSSR count). The zero-order valence-electron chi connectivity index (χ0n) is 19.5. The summed E-state index contributed by atoms with van der Waals surface area (Å²) in [5.41, 5.74) is 0.667. The Morgan fingerprint density at radius 1 is 0.946 bits per heavy atom. The van der Waals surface area contributed by atoms with Crippen molar-refractivity contribution in [3.8, 4) is 11.5 Å². The molecular formula is C25H23ClFN5O5. The summed E-state index contributed by atoms with van der Waals surface area (Å²) < 4.78 is 24.0. The molecule has 4 amide bonds. The van der Waals surface area contributed by atoms with E-state index in [2.05, 4.69) is 20.9 Å². The molecule has 12 heteroatoms. The Balaban J connectivity index is 1.31.